The predicted molar refractivity (Wildman–Crippen MR) is 83.5 cm³/mol. The van der Waals surface area contributed by atoms with Gasteiger partial charge in [0.2, 0.25) is 11.9 Å². The molecule has 10 heteroatoms. The van der Waals surface area contributed by atoms with Crippen molar-refractivity contribution in [2.24, 2.45) is 0 Å². The fourth-order valence-electron chi connectivity index (χ4n) is 2.49. The molecule has 2 N–H and O–H groups in total. The number of hydrogen-bond donors (Lipinski definition) is 2. The van der Waals surface area contributed by atoms with E-state index in [4.69, 9.17) is 0 Å². The van der Waals surface area contributed by atoms with Crippen LogP contribution in [0.5, 0.6) is 0 Å². The molecule has 0 aliphatic carbocycles. The average Bonchev–Trinajstić information content (AvgIpc) is 2.98. The highest BCUT2D eigenvalue weighted by atomic mass is 16.6. The Labute approximate surface area is 136 Å². The highest BCUT2D eigenvalue weighted by Crippen LogP contribution is 2.26. The Kier molecular flexibility index (Phi) is 3.72. The number of amides is 2. The lowest BCUT2D eigenvalue weighted by Crippen LogP contribution is -2.23. The Balaban J connectivity index is 1.73. The van der Waals surface area contributed by atoms with Crippen LogP contribution in [-0.2, 0) is 9.59 Å². The first kappa shape index (κ1) is 15.6. The quantitative estimate of drug-likeness (QED) is 0.642. The summed E-state index contributed by atoms with van der Waals surface area (Å²) in [5.41, 5.74) is 0.710. The normalized spacial score (nSPS) is 15.8. The molecule has 0 radical (unpaired) electrons. The van der Waals surface area contributed by atoms with E-state index in [1.165, 1.54) is 10.7 Å². The molecule has 1 atom stereocenters. The minimum atomic E-state index is -0.790. The van der Waals surface area contributed by atoms with E-state index in [-0.39, 0.29) is 18.0 Å². The van der Waals surface area contributed by atoms with Crippen LogP contribution < -0.4 is 10.6 Å². The van der Waals surface area contributed by atoms with E-state index in [9.17, 15) is 19.7 Å². The second kappa shape index (κ2) is 5.72. The number of nitro groups is 1. The summed E-state index contributed by atoms with van der Waals surface area (Å²) in [5.74, 6) is -0.0183. The van der Waals surface area contributed by atoms with E-state index in [0.717, 1.165) is 0 Å². The number of fused-ring (bicyclic) bond motifs is 1. The fraction of sp³-hybridized carbons (Fsp3) is 0.286. The van der Waals surface area contributed by atoms with E-state index in [1.807, 2.05) is 0 Å². The van der Waals surface area contributed by atoms with Crippen molar-refractivity contribution in [3.63, 3.8) is 0 Å². The summed E-state index contributed by atoms with van der Waals surface area (Å²) in [6, 6.07) is 3.61. The summed E-state index contributed by atoms with van der Waals surface area (Å²) < 4.78 is 1.37. The second-order valence-electron chi connectivity index (χ2n) is 5.44. The van der Waals surface area contributed by atoms with Crippen molar-refractivity contribution in [1.82, 2.24) is 14.8 Å². The molecule has 1 aromatic heterocycles. The molecule has 124 valence electrons. The summed E-state index contributed by atoms with van der Waals surface area (Å²) in [4.78, 5) is 38.5. The summed E-state index contributed by atoms with van der Waals surface area (Å²) in [5, 5.41) is 20.1. The first-order valence-electron chi connectivity index (χ1n) is 7.14. The van der Waals surface area contributed by atoms with Crippen LogP contribution in [-0.4, -0.2) is 31.5 Å². The Morgan fingerprint density at radius 1 is 1.46 bits per heavy atom. The number of anilines is 2. The van der Waals surface area contributed by atoms with Gasteiger partial charge in [0.1, 0.15) is 11.9 Å². The molecule has 1 aliphatic heterocycles. The number of nitrogens with zero attached hydrogens (tertiary/aromatic N) is 4. The molecule has 3 rings (SSSR count). The molecular formula is C14H14N6O4. The molecule has 2 heterocycles. The zero-order valence-corrected chi connectivity index (χ0v) is 12.9. The van der Waals surface area contributed by atoms with Gasteiger partial charge >= 0.3 is 0 Å². The zero-order chi connectivity index (χ0) is 17.4. The van der Waals surface area contributed by atoms with E-state index >= 15 is 0 Å². The molecule has 24 heavy (non-hydrogen) atoms. The molecule has 1 aromatic carbocycles. The SMILES string of the molecule is Cc1nc2n(n1)[C@@H](CC(=O)Nc1ccc(C)c([N+](=O)[O-])c1)C(=O)N2. The highest BCUT2D eigenvalue weighted by molar-refractivity contribution is 6.01. The van der Waals surface area contributed by atoms with E-state index in [2.05, 4.69) is 20.7 Å². The van der Waals surface area contributed by atoms with Crippen molar-refractivity contribution in [3.8, 4) is 0 Å². The number of aromatic nitrogens is 3. The fourth-order valence-corrected chi connectivity index (χ4v) is 2.49. The Hall–Kier alpha value is -3.30. The molecule has 2 amide bonds. The molecular weight excluding hydrogens is 316 g/mol. The van der Waals surface area contributed by atoms with E-state index in [0.29, 0.717) is 23.0 Å². The summed E-state index contributed by atoms with van der Waals surface area (Å²) in [7, 11) is 0. The first-order chi connectivity index (χ1) is 11.3. The Morgan fingerprint density at radius 2 is 2.21 bits per heavy atom. The molecule has 0 bridgehead atoms. The Morgan fingerprint density at radius 3 is 2.92 bits per heavy atom. The maximum absolute atomic E-state index is 12.2. The van der Waals surface area contributed by atoms with Gasteiger partial charge in [-0.2, -0.15) is 10.1 Å². The zero-order valence-electron chi connectivity index (χ0n) is 12.9. The van der Waals surface area contributed by atoms with Gasteiger partial charge in [0.05, 0.1) is 11.3 Å². The van der Waals surface area contributed by atoms with Gasteiger partial charge in [0, 0.05) is 17.3 Å². The maximum Gasteiger partial charge on any atom is 0.274 e. The van der Waals surface area contributed by atoms with Gasteiger partial charge in [-0.25, -0.2) is 4.68 Å². The molecule has 0 saturated carbocycles. The van der Waals surface area contributed by atoms with Crippen molar-refractivity contribution in [2.45, 2.75) is 26.3 Å². The maximum atomic E-state index is 12.2. The van der Waals surface area contributed by atoms with Crippen LogP contribution in [0.3, 0.4) is 0 Å². The monoisotopic (exact) mass is 330 g/mol. The molecule has 2 aromatic rings. The third-order valence-electron chi connectivity index (χ3n) is 3.64. The van der Waals surface area contributed by atoms with Crippen molar-refractivity contribution in [3.05, 3.63) is 39.7 Å². The predicted octanol–water partition coefficient (Wildman–Crippen LogP) is 1.33. The van der Waals surface area contributed by atoms with Crippen molar-refractivity contribution in [1.29, 1.82) is 0 Å². The number of rotatable bonds is 4. The van der Waals surface area contributed by atoms with Crippen LogP contribution in [0.1, 0.15) is 23.9 Å². The third-order valence-corrected chi connectivity index (χ3v) is 3.64. The van der Waals surface area contributed by atoms with Gasteiger partial charge in [-0.15, -0.1) is 0 Å². The molecule has 1 aliphatic rings. The van der Waals surface area contributed by atoms with Crippen molar-refractivity contribution in [2.75, 3.05) is 10.6 Å². The average molecular weight is 330 g/mol. The number of carbonyl (C=O) groups excluding carboxylic acids is 2. The number of carbonyl (C=O) groups is 2. The topological polar surface area (TPSA) is 132 Å². The van der Waals surface area contributed by atoms with Crippen LogP contribution in [0.2, 0.25) is 0 Å². The highest BCUT2D eigenvalue weighted by Gasteiger charge is 2.34. The second-order valence-corrected chi connectivity index (χ2v) is 5.44. The van der Waals surface area contributed by atoms with E-state index < -0.39 is 16.9 Å². The van der Waals surface area contributed by atoms with Crippen molar-refractivity contribution < 1.29 is 14.5 Å². The standard InChI is InChI=1S/C14H14N6O4/c1-7-3-4-9(5-10(7)20(23)24)16-12(21)6-11-13(22)17-14-15-8(2)18-19(11)14/h3-5,11H,6H2,1-2H3,(H,16,21)(H,15,17,18,22)/t11-/m0/s1. The van der Waals surface area contributed by atoms with Gasteiger partial charge in [-0.1, -0.05) is 6.07 Å². The van der Waals surface area contributed by atoms with Gasteiger partial charge in [-0.05, 0) is 19.9 Å². The van der Waals surface area contributed by atoms with Crippen LogP contribution in [0.25, 0.3) is 0 Å². The Bertz CT molecular complexity index is 859. The van der Waals surface area contributed by atoms with Gasteiger partial charge in [0.25, 0.3) is 11.6 Å². The van der Waals surface area contributed by atoms with Crippen LogP contribution >= 0.6 is 0 Å². The number of nitro benzene ring substituents is 1. The molecule has 0 unspecified atom stereocenters. The van der Waals surface area contributed by atoms with Crippen LogP contribution in [0.15, 0.2) is 18.2 Å². The summed E-state index contributed by atoms with van der Waals surface area (Å²) in [6.07, 6.45) is -0.149. The first-order valence-corrected chi connectivity index (χ1v) is 7.14. The molecule has 0 saturated heterocycles. The van der Waals surface area contributed by atoms with Gasteiger partial charge in [0.15, 0.2) is 0 Å². The smallest absolute Gasteiger partial charge is 0.274 e. The number of benzene rings is 1. The lowest BCUT2D eigenvalue weighted by atomic mass is 10.1. The lowest BCUT2D eigenvalue weighted by Gasteiger charge is -2.10. The minimum Gasteiger partial charge on any atom is -0.326 e. The molecule has 0 spiro atoms. The largest absolute Gasteiger partial charge is 0.326 e. The third kappa shape index (κ3) is 2.81. The number of nitrogens with one attached hydrogen (secondary N) is 2. The minimum absolute atomic E-state index is 0.0828. The number of hydrogen-bond acceptors (Lipinski definition) is 6. The molecule has 10 nitrogen and oxygen atoms in total. The van der Waals surface area contributed by atoms with E-state index in [1.54, 1.807) is 26.0 Å². The van der Waals surface area contributed by atoms with Gasteiger partial charge < -0.3 is 5.32 Å². The summed E-state index contributed by atoms with van der Waals surface area (Å²) >= 11 is 0. The lowest BCUT2D eigenvalue weighted by molar-refractivity contribution is -0.385. The summed E-state index contributed by atoms with van der Waals surface area (Å²) in [6.45, 7) is 3.29. The van der Waals surface area contributed by atoms with Crippen molar-refractivity contribution >= 4 is 29.1 Å². The number of aryl methyl sites for hydroxylation is 2. The van der Waals surface area contributed by atoms with Crippen LogP contribution in [0.4, 0.5) is 17.3 Å². The molecule has 0 fully saturated rings. The van der Waals surface area contributed by atoms with Crippen LogP contribution in [0, 0.1) is 24.0 Å². The van der Waals surface area contributed by atoms with Gasteiger partial charge in [-0.3, -0.25) is 25.0 Å².